The van der Waals surface area contributed by atoms with Crippen LogP contribution < -0.4 is 4.74 Å². The number of halogens is 1. The Labute approximate surface area is 175 Å². The number of hydrogen-bond donors (Lipinski definition) is 0. The van der Waals surface area contributed by atoms with E-state index in [1.807, 2.05) is 36.1 Å². The van der Waals surface area contributed by atoms with Crippen LogP contribution in [-0.4, -0.2) is 35.5 Å². The van der Waals surface area contributed by atoms with Gasteiger partial charge in [-0.05, 0) is 49.6 Å². The molecule has 4 rings (SSSR count). The number of carbonyl (C=O) groups excluding carboxylic acids is 1. The van der Waals surface area contributed by atoms with Crippen molar-refractivity contribution in [2.45, 2.75) is 32.1 Å². The van der Waals surface area contributed by atoms with Crippen LogP contribution in [0.15, 0.2) is 59.1 Å². The number of likely N-dealkylation sites (tertiary alicyclic amines) is 1. The first kappa shape index (κ1) is 20.1. The zero-order valence-corrected chi connectivity index (χ0v) is 17.0. The summed E-state index contributed by atoms with van der Waals surface area (Å²) in [6.45, 7) is 3.33. The number of oxazole rings is 1. The maximum atomic E-state index is 13.1. The van der Waals surface area contributed by atoms with Gasteiger partial charge in [0.05, 0.1) is 12.1 Å². The van der Waals surface area contributed by atoms with Crippen LogP contribution in [0.5, 0.6) is 5.75 Å². The highest BCUT2D eigenvalue weighted by Gasteiger charge is 2.28. The average molecular weight is 408 g/mol. The van der Waals surface area contributed by atoms with Crippen molar-refractivity contribution in [3.63, 3.8) is 0 Å². The molecule has 6 heteroatoms. The molecule has 0 saturated carbocycles. The van der Waals surface area contributed by atoms with Gasteiger partial charge >= 0.3 is 0 Å². The fourth-order valence-electron chi connectivity index (χ4n) is 3.67. The van der Waals surface area contributed by atoms with E-state index < -0.39 is 0 Å². The highest BCUT2D eigenvalue weighted by Crippen LogP contribution is 2.27. The lowest BCUT2D eigenvalue weighted by Gasteiger charge is -2.31. The van der Waals surface area contributed by atoms with Crippen molar-refractivity contribution in [3.8, 4) is 5.75 Å². The minimum Gasteiger partial charge on any atom is -0.484 e. The maximum Gasteiger partial charge on any atom is 0.260 e. The molecule has 5 nitrogen and oxygen atoms in total. The van der Waals surface area contributed by atoms with Gasteiger partial charge in [0.1, 0.15) is 17.3 Å². The molecule has 1 saturated heterocycles. The van der Waals surface area contributed by atoms with Gasteiger partial charge in [-0.3, -0.25) is 4.79 Å². The number of aryl methyl sites for hydroxylation is 1. The molecule has 1 atom stereocenters. The Morgan fingerprint density at radius 1 is 1.20 bits per heavy atom. The smallest absolute Gasteiger partial charge is 0.260 e. The summed E-state index contributed by atoms with van der Waals surface area (Å²) in [6.07, 6.45) is 4.11. The number of amides is 1. The van der Waals surface area contributed by atoms with Crippen LogP contribution in [0.25, 0.3) is 0 Å². The third kappa shape index (κ3) is 5.06. The SMILES string of the molecule is Cc1ccc(OCC(=O)N2CCC[C@@H](c3ncc(Cc4ccc(F)cc4)o3)C2)cc1. The number of aromatic nitrogens is 1. The minimum atomic E-state index is -0.254. The summed E-state index contributed by atoms with van der Waals surface area (Å²) in [5.74, 6) is 1.88. The molecule has 0 bridgehead atoms. The normalized spacial score (nSPS) is 16.5. The van der Waals surface area contributed by atoms with Crippen molar-refractivity contribution >= 4 is 5.91 Å². The van der Waals surface area contributed by atoms with Gasteiger partial charge in [0.25, 0.3) is 5.91 Å². The molecule has 30 heavy (non-hydrogen) atoms. The fraction of sp³-hybridized carbons (Fsp3) is 0.333. The van der Waals surface area contributed by atoms with Crippen molar-refractivity contribution in [2.75, 3.05) is 19.7 Å². The Morgan fingerprint density at radius 2 is 1.97 bits per heavy atom. The second kappa shape index (κ2) is 9.11. The molecule has 156 valence electrons. The Kier molecular flexibility index (Phi) is 6.12. The summed E-state index contributed by atoms with van der Waals surface area (Å²) >= 11 is 0. The highest BCUT2D eigenvalue weighted by atomic mass is 19.1. The maximum absolute atomic E-state index is 13.1. The number of hydrogen-bond acceptors (Lipinski definition) is 4. The number of carbonyl (C=O) groups is 1. The summed E-state index contributed by atoms with van der Waals surface area (Å²) in [5, 5.41) is 0. The van der Waals surface area contributed by atoms with Crippen molar-refractivity contribution in [3.05, 3.63) is 83.3 Å². The summed E-state index contributed by atoms with van der Waals surface area (Å²) in [4.78, 5) is 18.9. The van der Waals surface area contributed by atoms with Crippen molar-refractivity contribution < 1.29 is 18.3 Å². The number of benzene rings is 2. The van der Waals surface area contributed by atoms with Gasteiger partial charge in [0.2, 0.25) is 0 Å². The molecule has 1 aliphatic heterocycles. The topological polar surface area (TPSA) is 55.6 Å². The molecule has 1 aliphatic rings. The Hall–Kier alpha value is -3.15. The molecule has 1 aromatic heterocycles. The number of nitrogens with zero attached hydrogens (tertiary/aromatic N) is 2. The van der Waals surface area contributed by atoms with Crippen LogP contribution in [0.2, 0.25) is 0 Å². The van der Waals surface area contributed by atoms with E-state index in [1.165, 1.54) is 12.1 Å². The Morgan fingerprint density at radius 3 is 2.73 bits per heavy atom. The molecule has 0 radical (unpaired) electrons. The highest BCUT2D eigenvalue weighted by molar-refractivity contribution is 5.78. The van der Waals surface area contributed by atoms with E-state index in [4.69, 9.17) is 9.15 Å². The van der Waals surface area contributed by atoms with Crippen LogP contribution in [0, 0.1) is 12.7 Å². The largest absolute Gasteiger partial charge is 0.484 e. The van der Waals surface area contributed by atoms with E-state index in [0.717, 1.165) is 36.3 Å². The first-order valence-corrected chi connectivity index (χ1v) is 10.2. The zero-order chi connectivity index (χ0) is 20.9. The monoisotopic (exact) mass is 408 g/mol. The Balaban J connectivity index is 1.33. The zero-order valence-electron chi connectivity index (χ0n) is 17.0. The number of ether oxygens (including phenoxy) is 1. The molecular weight excluding hydrogens is 383 g/mol. The molecule has 3 aromatic rings. The van der Waals surface area contributed by atoms with Gasteiger partial charge in [-0.15, -0.1) is 0 Å². The molecule has 1 amide bonds. The van der Waals surface area contributed by atoms with Gasteiger partial charge in [-0.25, -0.2) is 9.37 Å². The Bertz CT molecular complexity index is 982. The second-order valence-electron chi connectivity index (χ2n) is 7.75. The van der Waals surface area contributed by atoms with Gasteiger partial charge in [0, 0.05) is 19.5 Å². The van der Waals surface area contributed by atoms with Crippen molar-refractivity contribution in [1.29, 1.82) is 0 Å². The first-order valence-electron chi connectivity index (χ1n) is 10.2. The third-order valence-electron chi connectivity index (χ3n) is 5.37. The second-order valence-corrected chi connectivity index (χ2v) is 7.75. The van der Waals surface area contributed by atoms with E-state index >= 15 is 0 Å². The number of rotatable bonds is 6. The average Bonchev–Trinajstić information content (AvgIpc) is 3.23. The summed E-state index contributed by atoms with van der Waals surface area (Å²) in [6, 6.07) is 14.0. The van der Waals surface area contributed by atoms with E-state index in [-0.39, 0.29) is 24.2 Å². The fourth-order valence-corrected chi connectivity index (χ4v) is 3.67. The van der Waals surface area contributed by atoms with E-state index in [9.17, 15) is 9.18 Å². The molecular formula is C24H25FN2O3. The lowest BCUT2D eigenvalue weighted by atomic mass is 9.98. The van der Waals surface area contributed by atoms with Gasteiger partial charge in [0.15, 0.2) is 12.5 Å². The van der Waals surface area contributed by atoms with E-state index in [0.29, 0.717) is 24.6 Å². The number of piperidine rings is 1. The molecule has 0 spiro atoms. The van der Waals surface area contributed by atoms with Gasteiger partial charge in [-0.2, -0.15) is 0 Å². The van der Waals surface area contributed by atoms with Crippen molar-refractivity contribution in [2.24, 2.45) is 0 Å². The lowest BCUT2D eigenvalue weighted by molar-refractivity contribution is -0.134. The first-order chi connectivity index (χ1) is 14.6. The van der Waals surface area contributed by atoms with Crippen LogP contribution >= 0.6 is 0 Å². The summed E-state index contributed by atoms with van der Waals surface area (Å²) in [5.41, 5.74) is 2.12. The van der Waals surface area contributed by atoms with Crippen LogP contribution in [0.4, 0.5) is 4.39 Å². The lowest BCUT2D eigenvalue weighted by Crippen LogP contribution is -2.41. The molecule has 1 fully saturated rings. The van der Waals surface area contributed by atoms with Gasteiger partial charge in [-0.1, -0.05) is 29.8 Å². The van der Waals surface area contributed by atoms with Crippen LogP contribution in [0.1, 0.15) is 41.5 Å². The summed E-state index contributed by atoms with van der Waals surface area (Å²) in [7, 11) is 0. The van der Waals surface area contributed by atoms with Crippen LogP contribution in [0.3, 0.4) is 0 Å². The predicted molar refractivity (Wildman–Crippen MR) is 111 cm³/mol. The van der Waals surface area contributed by atoms with Crippen LogP contribution in [-0.2, 0) is 11.2 Å². The van der Waals surface area contributed by atoms with E-state index in [1.54, 1.807) is 18.3 Å². The molecule has 2 aromatic carbocycles. The molecule has 0 aliphatic carbocycles. The third-order valence-corrected chi connectivity index (χ3v) is 5.37. The minimum absolute atomic E-state index is 0.0250. The quantitative estimate of drug-likeness (QED) is 0.603. The summed E-state index contributed by atoms with van der Waals surface area (Å²) < 4.78 is 24.7. The van der Waals surface area contributed by atoms with Crippen molar-refractivity contribution in [1.82, 2.24) is 9.88 Å². The molecule has 0 unspecified atom stereocenters. The molecule has 0 N–H and O–H groups in total. The van der Waals surface area contributed by atoms with Gasteiger partial charge < -0.3 is 14.1 Å². The predicted octanol–water partition coefficient (Wildman–Crippen LogP) is 4.50. The molecule has 2 heterocycles. The standard InChI is InChI=1S/C24H25FN2O3/c1-17-4-10-21(11-5-17)29-16-23(28)27-12-2-3-19(15-27)24-26-14-22(30-24)13-18-6-8-20(25)9-7-18/h4-11,14,19H,2-3,12-13,15-16H2,1H3/t19-/m1/s1. The van der Waals surface area contributed by atoms with E-state index in [2.05, 4.69) is 4.98 Å².